The number of carbonyl (C=O) groups is 2. The van der Waals surface area contributed by atoms with E-state index in [2.05, 4.69) is 0 Å². The Morgan fingerprint density at radius 1 is 1.53 bits per heavy atom. The number of ether oxygens (including phenoxy) is 1. The summed E-state index contributed by atoms with van der Waals surface area (Å²) in [6.07, 6.45) is 1.55. The van der Waals surface area contributed by atoms with E-state index in [1.165, 1.54) is 18.3 Å². The molecule has 0 spiro atoms. The van der Waals surface area contributed by atoms with E-state index in [1.54, 1.807) is 13.0 Å². The highest BCUT2D eigenvalue weighted by Crippen LogP contribution is 2.12. The Labute approximate surface area is 92.4 Å². The first kappa shape index (κ1) is 11.7. The molecule has 1 heterocycles. The molecule has 0 fully saturated rings. The molecule has 15 heavy (non-hydrogen) atoms. The highest BCUT2D eigenvalue weighted by atomic mass is 32.1. The first-order valence-corrected chi connectivity index (χ1v) is 5.51. The molecule has 0 saturated carbocycles. The van der Waals surface area contributed by atoms with Gasteiger partial charge in [0, 0.05) is 0 Å². The first-order chi connectivity index (χ1) is 7.15. The van der Waals surface area contributed by atoms with E-state index in [-0.39, 0.29) is 18.0 Å². The summed E-state index contributed by atoms with van der Waals surface area (Å²) in [6, 6.07) is 1.84. The zero-order valence-electron chi connectivity index (χ0n) is 8.65. The van der Waals surface area contributed by atoms with Gasteiger partial charge >= 0.3 is 5.97 Å². The van der Waals surface area contributed by atoms with Crippen molar-refractivity contribution >= 4 is 29.2 Å². The maximum absolute atomic E-state index is 11.4. The smallest absolute Gasteiger partial charge is 0.341 e. The number of hydrogen-bond acceptors (Lipinski definition) is 4. The Morgan fingerprint density at radius 2 is 2.27 bits per heavy atom. The quantitative estimate of drug-likeness (QED) is 0.341. The summed E-state index contributed by atoms with van der Waals surface area (Å²) in [5, 5.41) is 3.75. The lowest BCUT2D eigenvalue weighted by Gasteiger charge is -2.02. The third kappa shape index (κ3) is 3.32. The molecule has 0 unspecified atom stereocenters. The van der Waals surface area contributed by atoms with Crippen molar-refractivity contribution in [2.24, 2.45) is 0 Å². The predicted molar refractivity (Wildman–Crippen MR) is 59.6 cm³/mol. The second-order valence-electron chi connectivity index (χ2n) is 2.89. The molecule has 0 aromatic carbocycles. The van der Waals surface area contributed by atoms with Gasteiger partial charge in [-0.1, -0.05) is 0 Å². The maximum Gasteiger partial charge on any atom is 0.341 e. The van der Waals surface area contributed by atoms with Crippen LogP contribution >= 0.6 is 11.3 Å². The summed E-state index contributed by atoms with van der Waals surface area (Å²) in [4.78, 5) is 22.6. The minimum atomic E-state index is -0.559. The molecule has 80 valence electrons. The molecule has 3 nitrogen and oxygen atoms in total. The van der Waals surface area contributed by atoms with Gasteiger partial charge in [-0.15, -0.1) is 0 Å². The van der Waals surface area contributed by atoms with E-state index in [0.29, 0.717) is 0 Å². The Kier molecular flexibility index (Phi) is 4.24. The van der Waals surface area contributed by atoms with Crippen LogP contribution in [0.4, 0.5) is 0 Å². The summed E-state index contributed by atoms with van der Waals surface area (Å²) in [6.45, 7) is 3.34. The standard InChI is InChI=1S/C11H12O3S/c1-3-14-11(13)10(8(2)12)6-9-4-5-15-7-9/h4-7H,3H2,1-2H3/b10-6+. The molecule has 0 amide bonds. The first-order valence-electron chi connectivity index (χ1n) is 4.57. The zero-order valence-corrected chi connectivity index (χ0v) is 9.47. The van der Waals surface area contributed by atoms with Gasteiger partial charge in [0.25, 0.3) is 0 Å². The molecule has 0 N–H and O–H groups in total. The SMILES string of the molecule is CCOC(=O)/C(=C/c1ccsc1)C(C)=O. The molecular formula is C11H12O3S. The van der Waals surface area contributed by atoms with Gasteiger partial charge in [-0.05, 0) is 42.3 Å². The lowest BCUT2D eigenvalue weighted by molar-refractivity contribution is -0.139. The van der Waals surface area contributed by atoms with Crippen LogP contribution in [0.2, 0.25) is 0 Å². The molecule has 0 saturated heterocycles. The normalized spacial score (nSPS) is 11.2. The van der Waals surface area contributed by atoms with Crippen molar-refractivity contribution in [1.82, 2.24) is 0 Å². The van der Waals surface area contributed by atoms with Gasteiger partial charge in [-0.25, -0.2) is 4.79 Å². The number of carbonyl (C=O) groups excluding carboxylic acids is 2. The molecule has 0 radical (unpaired) electrons. The molecule has 0 bridgehead atoms. The van der Waals surface area contributed by atoms with E-state index in [0.717, 1.165) is 5.56 Å². The topological polar surface area (TPSA) is 43.4 Å². The Bertz CT molecular complexity index is 377. The van der Waals surface area contributed by atoms with Crippen LogP contribution in [0.3, 0.4) is 0 Å². The van der Waals surface area contributed by atoms with E-state index in [4.69, 9.17) is 4.74 Å². The minimum absolute atomic E-state index is 0.0928. The van der Waals surface area contributed by atoms with E-state index in [9.17, 15) is 9.59 Å². The highest BCUT2D eigenvalue weighted by Gasteiger charge is 2.15. The summed E-state index contributed by atoms with van der Waals surface area (Å²) in [7, 11) is 0. The number of thiophene rings is 1. The van der Waals surface area contributed by atoms with Crippen LogP contribution in [0.1, 0.15) is 19.4 Å². The molecule has 1 aromatic heterocycles. The fourth-order valence-electron chi connectivity index (χ4n) is 1.04. The molecule has 0 atom stereocenters. The van der Waals surface area contributed by atoms with Crippen LogP contribution < -0.4 is 0 Å². The van der Waals surface area contributed by atoms with Crippen molar-refractivity contribution in [1.29, 1.82) is 0 Å². The van der Waals surface area contributed by atoms with Crippen molar-refractivity contribution < 1.29 is 14.3 Å². The molecule has 1 rings (SSSR count). The summed E-state index contributed by atoms with van der Waals surface area (Å²) in [5.74, 6) is -0.837. The monoisotopic (exact) mass is 224 g/mol. The van der Waals surface area contributed by atoms with Gasteiger partial charge in [0.05, 0.1) is 6.61 Å². The minimum Gasteiger partial charge on any atom is -0.462 e. The van der Waals surface area contributed by atoms with Crippen LogP contribution in [0.5, 0.6) is 0 Å². The molecular weight excluding hydrogens is 212 g/mol. The van der Waals surface area contributed by atoms with Crippen LogP contribution in [0.25, 0.3) is 6.08 Å². The van der Waals surface area contributed by atoms with Crippen LogP contribution in [0.15, 0.2) is 22.4 Å². The van der Waals surface area contributed by atoms with E-state index in [1.807, 2.05) is 16.8 Å². The van der Waals surface area contributed by atoms with Crippen molar-refractivity contribution in [2.75, 3.05) is 6.61 Å². The Hall–Kier alpha value is -1.42. The fourth-order valence-corrected chi connectivity index (χ4v) is 1.65. The van der Waals surface area contributed by atoms with E-state index >= 15 is 0 Å². The average Bonchev–Trinajstić information content (AvgIpc) is 2.66. The lowest BCUT2D eigenvalue weighted by Crippen LogP contribution is -2.13. The van der Waals surface area contributed by atoms with Crippen LogP contribution in [0, 0.1) is 0 Å². The van der Waals surface area contributed by atoms with Crippen LogP contribution in [-0.2, 0) is 14.3 Å². The fraction of sp³-hybridized carbons (Fsp3) is 0.273. The number of hydrogen-bond donors (Lipinski definition) is 0. The molecule has 1 aromatic rings. The third-order valence-corrected chi connectivity index (χ3v) is 2.43. The van der Waals surface area contributed by atoms with Crippen LogP contribution in [-0.4, -0.2) is 18.4 Å². The second kappa shape index (κ2) is 5.46. The Balaban J connectivity index is 2.92. The number of ketones is 1. The number of rotatable bonds is 4. The molecule has 4 heteroatoms. The van der Waals surface area contributed by atoms with E-state index < -0.39 is 5.97 Å². The van der Waals surface area contributed by atoms with Crippen molar-refractivity contribution in [3.8, 4) is 0 Å². The van der Waals surface area contributed by atoms with Gasteiger partial charge in [0.2, 0.25) is 0 Å². The van der Waals surface area contributed by atoms with Crippen molar-refractivity contribution in [3.05, 3.63) is 28.0 Å². The summed E-state index contributed by atoms with van der Waals surface area (Å²) in [5.41, 5.74) is 0.938. The van der Waals surface area contributed by atoms with Gasteiger partial charge in [0.1, 0.15) is 5.57 Å². The van der Waals surface area contributed by atoms with Gasteiger partial charge < -0.3 is 4.74 Å². The molecule has 0 aliphatic carbocycles. The largest absolute Gasteiger partial charge is 0.462 e. The highest BCUT2D eigenvalue weighted by molar-refractivity contribution is 7.08. The van der Waals surface area contributed by atoms with Gasteiger partial charge in [-0.2, -0.15) is 11.3 Å². The lowest BCUT2D eigenvalue weighted by atomic mass is 10.1. The second-order valence-corrected chi connectivity index (χ2v) is 3.67. The third-order valence-electron chi connectivity index (χ3n) is 1.73. The number of esters is 1. The summed E-state index contributed by atoms with van der Waals surface area (Å²) < 4.78 is 4.79. The summed E-state index contributed by atoms with van der Waals surface area (Å²) >= 11 is 1.51. The number of Topliss-reactive ketones (excluding diaryl/α,β-unsaturated/α-hetero) is 1. The van der Waals surface area contributed by atoms with Crippen molar-refractivity contribution in [3.63, 3.8) is 0 Å². The Morgan fingerprint density at radius 3 is 2.73 bits per heavy atom. The molecule has 0 aliphatic heterocycles. The maximum atomic E-state index is 11.4. The molecule has 0 aliphatic rings. The predicted octanol–water partition coefficient (Wildman–Crippen LogP) is 2.28. The van der Waals surface area contributed by atoms with Crippen molar-refractivity contribution in [2.45, 2.75) is 13.8 Å². The van der Waals surface area contributed by atoms with Gasteiger partial charge in [-0.3, -0.25) is 4.79 Å². The average molecular weight is 224 g/mol. The zero-order chi connectivity index (χ0) is 11.3. The van der Waals surface area contributed by atoms with Gasteiger partial charge in [0.15, 0.2) is 5.78 Å².